The zero-order valence-electron chi connectivity index (χ0n) is 10.7. The van der Waals surface area contributed by atoms with Crippen LogP contribution in [-0.2, 0) is 4.74 Å². The maximum atomic E-state index is 6.02. The maximum Gasteiger partial charge on any atom is 0.106 e. The average Bonchev–Trinajstić information content (AvgIpc) is 2.66. The lowest BCUT2D eigenvalue weighted by atomic mass is 9.60. The molecular formula is C14H24N2O. The van der Waals surface area contributed by atoms with Gasteiger partial charge in [-0.25, -0.2) is 0 Å². The third kappa shape index (κ3) is 1.74. The third-order valence-corrected chi connectivity index (χ3v) is 5.66. The summed E-state index contributed by atoms with van der Waals surface area (Å²) in [7, 11) is 0. The van der Waals surface area contributed by atoms with Crippen molar-refractivity contribution in [2.24, 2.45) is 23.7 Å². The summed E-state index contributed by atoms with van der Waals surface area (Å²) in [5.41, 5.74) is 0. The standard InChI is InChI=1S/C14H24N2O/c1-8-16-13-4-10-2-9-3-11(7-15-6-9)12(10)5-14(13)17-8/h8-16H,2-7H2,1H3. The summed E-state index contributed by atoms with van der Waals surface area (Å²) in [6.07, 6.45) is 6.41. The van der Waals surface area contributed by atoms with Gasteiger partial charge in [0.05, 0.1) is 6.10 Å². The van der Waals surface area contributed by atoms with E-state index in [4.69, 9.17) is 4.74 Å². The first kappa shape index (κ1) is 10.8. The highest BCUT2D eigenvalue weighted by Gasteiger charge is 2.48. The first-order valence-electron chi connectivity index (χ1n) is 7.42. The van der Waals surface area contributed by atoms with Gasteiger partial charge in [0.2, 0.25) is 0 Å². The number of hydrogen-bond donors (Lipinski definition) is 2. The molecule has 0 amide bonds. The number of rotatable bonds is 0. The molecule has 0 aromatic heterocycles. The van der Waals surface area contributed by atoms with Gasteiger partial charge in [-0.1, -0.05) is 0 Å². The van der Waals surface area contributed by atoms with Crippen molar-refractivity contribution in [1.29, 1.82) is 0 Å². The van der Waals surface area contributed by atoms with Crippen LogP contribution in [0.25, 0.3) is 0 Å². The monoisotopic (exact) mass is 236 g/mol. The molecule has 7 atom stereocenters. The van der Waals surface area contributed by atoms with Gasteiger partial charge in [0.15, 0.2) is 0 Å². The van der Waals surface area contributed by atoms with E-state index in [2.05, 4.69) is 17.6 Å². The molecule has 2 saturated heterocycles. The summed E-state index contributed by atoms with van der Waals surface area (Å²) in [4.78, 5) is 0. The van der Waals surface area contributed by atoms with Crippen molar-refractivity contribution >= 4 is 0 Å². The van der Waals surface area contributed by atoms with E-state index in [1.807, 2.05) is 0 Å². The van der Waals surface area contributed by atoms with Crippen molar-refractivity contribution in [3.8, 4) is 0 Å². The molecule has 0 spiro atoms. The van der Waals surface area contributed by atoms with E-state index in [1.165, 1.54) is 38.8 Å². The van der Waals surface area contributed by atoms with Gasteiger partial charge < -0.3 is 10.1 Å². The van der Waals surface area contributed by atoms with Crippen molar-refractivity contribution in [2.75, 3.05) is 13.1 Å². The summed E-state index contributed by atoms with van der Waals surface area (Å²) in [6, 6.07) is 0.651. The Hall–Kier alpha value is -0.120. The topological polar surface area (TPSA) is 33.3 Å². The van der Waals surface area contributed by atoms with E-state index in [9.17, 15) is 0 Å². The molecule has 7 unspecified atom stereocenters. The molecule has 4 aliphatic rings. The summed E-state index contributed by atoms with van der Waals surface area (Å²) >= 11 is 0. The van der Waals surface area contributed by atoms with E-state index >= 15 is 0 Å². The van der Waals surface area contributed by atoms with E-state index in [0.717, 1.165) is 23.7 Å². The van der Waals surface area contributed by atoms with Gasteiger partial charge in [0.1, 0.15) is 6.23 Å². The van der Waals surface area contributed by atoms with E-state index in [0.29, 0.717) is 12.1 Å². The van der Waals surface area contributed by atoms with Crippen LogP contribution < -0.4 is 10.6 Å². The SMILES string of the molecule is CC1NC2CC3CC4CNCC(C4)C3CC2O1. The Balaban J connectivity index is 1.54. The highest BCUT2D eigenvalue weighted by atomic mass is 16.5. The smallest absolute Gasteiger partial charge is 0.106 e. The van der Waals surface area contributed by atoms with Crippen LogP contribution in [0.4, 0.5) is 0 Å². The Bertz CT molecular complexity index is 309. The molecule has 0 aromatic carbocycles. The lowest BCUT2D eigenvalue weighted by Crippen LogP contribution is -2.52. The minimum Gasteiger partial charge on any atom is -0.359 e. The van der Waals surface area contributed by atoms with E-state index in [-0.39, 0.29) is 6.23 Å². The van der Waals surface area contributed by atoms with E-state index in [1.54, 1.807) is 0 Å². The van der Waals surface area contributed by atoms with Gasteiger partial charge in [-0.2, -0.15) is 0 Å². The van der Waals surface area contributed by atoms with Gasteiger partial charge >= 0.3 is 0 Å². The fourth-order valence-electron chi connectivity index (χ4n) is 5.06. The van der Waals surface area contributed by atoms with Crippen LogP contribution in [0.3, 0.4) is 0 Å². The van der Waals surface area contributed by atoms with Crippen LogP contribution in [0.15, 0.2) is 0 Å². The van der Waals surface area contributed by atoms with Crippen molar-refractivity contribution in [2.45, 2.75) is 51.0 Å². The first-order chi connectivity index (χ1) is 8.29. The molecule has 17 heavy (non-hydrogen) atoms. The molecule has 2 N–H and O–H groups in total. The predicted octanol–water partition coefficient (Wildman–Crippen LogP) is 1.34. The number of piperidine rings is 1. The van der Waals surface area contributed by atoms with Crippen LogP contribution in [-0.4, -0.2) is 31.5 Å². The van der Waals surface area contributed by atoms with Crippen LogP contribution in [0.5, 0.6) is 0 Å². The van der Waals surface area contributed by atoms with Gasteiger partial charge in [-0.15, -0.1) is 0 Å². The summed E-state index contributed by atoms with van der Waals surface area (Å²) in [6.45, 7) is 4.69. The molecule has 4 fully saturated rings. The Morgan fingerprint density at radius 2 is 1.88 bits per heavy atom. The van der Waals surface area contributed by atoms with Crippen molar-refractivity contribution in [1.82, 2.24) is 10.6 Å². The van der Waals surface area contributed by atoms with Gasteiger partial charge in [0.25, 0.3) is 0 Å². The summed E-state index contributed by atoms with van der Waals surface area (Å²) in [5.74, 6) is 3.81. The number of ether oxygens (including phenoxy) is 1. The zero-order valence-corrected chi connectivity index (χ0v) is 10.7. The zero-order chi connectivity index (χ0) is 11.4. The Morgan fingerprint density at radius 1 is 1.00 bits per heavy atom. The Labute approximate surface area is 104 Å². The fourth-order valence-corrected chi connectivity index (χ4v) is 5.06. The van der Waals surface area contributed by atoms with Gasteiger partial charge in [0, 0.05) is 6.04 Å². The summed E-state index contributed by atoms with van der Waals surface area (Å²) < 4.78 is 6.02. The van der Waals surface area contributed by atoms with E-state index < -0.39 is 0 Å². The average molecular weight is 236 g/mol. The van der Waals surface area contributed by atoms with Crippen LogP contribution in [0.1, 0.15) is 32.6 Å². The molecular weight excluding hydrogens is 212 g/mol. The number of fused-ring (bicyclic) bond motifs is 5. The second kappa shape index (κ2) is 3.94. The minimum atomic E-state index is 0.280. The molecule has 3 heteroatoms. The predicted molar refractivity (Wildman–Crippen MR) is 66.6 cm³/mol. The number of hydrogen-bond acceptors (Lipinski definition) is 3. The fraction of sp³-hybridized carbons (Fsp3) is 1.00. The van der Waals surface area contributed by atoms with Crippen molar-refractivity contribution in [3.63, 3.8) is 0 Å². The molecule has 2 aliphatic carbocycles. The molecule has 3 nitrogen and oxygen atoms in total. The van der Waals surface area contributed by atoms with Gasteiger partial charge in [-0.3, -0.25) is 5.32 Å². The maximum absolute atomic E-state index is 6.02. The quantitative estimate of drug-likeness (QED) is 0.666. The van der Waals surface area contributed by atoms with Crippen LogP contribution in [0, 0.1) is 23.7 Å². The highest BCUT2D eigenvalue weighted by molar-refractivity contribution is 5.00. The lowest BCUT2D eigenvalue weighted by molar-refractivity contribution is -0.0327. The Kier molecular flexibility index (Phi) is 2.50. The molecule has 2 saturated carbocycles. The van der Waals surface area contributed by atoms with Crippen molar-refractivity contribution < 1.29 is 4.74 Å². The minimum absolute atomic E-state index is 0.280. The molecule has 0 radical (unpaired) electrons. The number of nitrogens with one attached hydrogen (secondary N) is 2. The first-order valence-corrected chi connectivity index (χ1v) is 7.42. The molecule has 2 heterocycles. The Morgan fingerprint density at radius 3 is 2.82 bits per heavy atom. The molecule has 4 rings (SSSR count). The summed E-state index contributed by atoms with van der Waals surface area (Å²) in [5, 5.41) is 7.25. The second-order valence-corrected chi connectivity index (χ2v) is 6.74. The molecule has 2 aliphatic heterocycles. The molecule has 96 valence electrons. The molecule has 0 aromatic rings. The normalized spacial score (nSPS) is 57.4. The lowest BCUT2D eigenvalue weighted by Gasteiger charge is -2.50. The van der Waals surface area contributed by atoms with Gasteiger partial charge in [-0.05, 0) is 69.4 Å². The highest BCUT2D eigenvalue weighted by Crippen LogP contribution is 2.48. The van der Waals surface area contributed by atoms with Crippen LogP contribution in [0.2, 0.25) is 0 Å². The van der Waals surface area contributed by atoms with Crippen LogP contribution >= 0.6 is 0 Å². The third-order valence-electron chi connectivity index (χ3n) is 5.66. The largest absolute Gasteiger partial charge is 0.359 e. The van der Waals surface area contributed by atoms with Crippen molar-refractivity contribution in [3.05, 3.63) is 0 Å². The second-order valence-electron chi connectivity index (χ2n) is 6.74. The molecule has 2 bridgehead atoms.